The normalized spacial score (nSPS) is 18.5. The number of sulfonamides is 1. The molecule has 1 aliphatic heterocycles. The topological polar surface area (TPSA) is 59.1 Å². The second kappa shape index (κ2) is 6.06. The van der Waals surface area contributed by atoms with Crippen LogP contribution in [0, 0.1) is 0 Å². The summed E-state index contributed by atoms with van der Waals surface area (Å²) >= 11 is 14.4. The van der Waals surface area contributed by atoms with Crippen LogP contribution in [-0.2, 0) is 10.0 Å². The fraction of sp³-hybridized carbons (Fsp3) is 0.250. The van der Waals surface area contributed by atoms with Crippen molar-refractivity contribution in [3.05, 3.63) is 39.4 Å². The molecule has 1 unspecified atom stereocenters. The molecule has 0 saturated heterocycles. The van der Waals surface area contributed by atoms with Crippen LogP contribution in [0.2, 0.25) is 9.49 Å². The van der Waals surface area contributed by atoms with Crippen molar-refractivity contribution < 1.29 is 8.42 Å². The minimum absolute atomic E-state index is 0.120. The number of hydrogen-bond donors (Lipinski definition) is 1. The van der Waals surface area contributed by atoms with Crippen LogP contribution in [0.1, 0.15) is 18.0 Å². The van der Waals surface area contributed by atoms with Crippen molar-refractivity contribution in [3.8, 4) is 0 Å². The van der Waals surface area contributed by atoms with Crippen LogP contribution in [0.4, 0.5) is 0 Å². The van der Waals surface area contributed by atoms with E-state index in [1.807, 2.05) is 18.2 Å². The third kappa shape index (κ3) is 3.38. The summed E-state index contributed by atoms with van der Waals surface area (Å²) in [6.45, 7) is 0. The van der Waals surface area contributed by atoms with Crippen molar-refractivity contribution in [1.29, 1.82) is 0 Å². The molecule has 0 amide bonds. The Balaban J connectivity index is 1.91. The number of halogens is 2. The number of thiazole rings is 1. The average molecular weight is 381 g/mol. The standard InChI is InChI=1S/C12H10Cl2N2O2S3/c13-7-1-2-10-8(5-7)9(3-4-19-10)16-21(17,18)11-6-15-12(14)20-11/h1-2,5-6,9,16H,3-4H2. The molecule has 0 spiro atoms. The van der Waals surface area contributed by atoms with Crippen molar-refractivity contribution in [3.63, 3.8) is 0 Å². The second-order valence-corrected chi connectivity index (χ2v) is 9.55. The molecule has 0 fully saturated rings. The summed E-state index contributed by atoms with van der Waals surface area (Å²) in [6.07, 6.45) is 1.98. The lowest BCUT2D eigenvalue weighted by molar-refractivity contribution is 0.547. The summed E-state index contributed by atoms with van der Waals surface area (Å²) in [4.78, 5) is 4.83. The molecular weight excluding hydrogens is 371 g/mol. The van der Waals surface area contributed by atoms with E-state index in [0.717, 1.165) is 27.5 Å². The highest BCUT2D eigenvalue weighted by Crippen LogP contribution is 2.38. The van der Waals surface area contributed by atoms with Crippen LogP contribution in [-0.4, -0.2) is 19.2 Å². The molecule has 1 aromatic carbocycles. The van der Waals surface area contributed by atoms with Gasteiger partial charge in [-0.3, -0.25) is 0 Å². The van der Waals surface area contributed by atoms with Gasteiger partial charge in [-0.05, 0) is 35.9 Å². The molecule has 21 heavy (non-hydrogen) atoms. The predicted octanol–water partition coefficient (Wildman–Crippen LogP) is 3.97. The van der Waals surface area contributed by atoms with Gasteiger partial charge < -0.3 is 0 Å². The van der Waals surface area contributed by atoms with Crippen LogP contribution in [0.15, 0.2) is 33.5 Å². The maximum Gasteiger partial charge on any atom is 0.252 e. The van der Waals surface area contributed by atoms with E-state index < -0.39 is 10.0 Å². The largest absolute Gasteiger partial charge is 0.252 e. The zero-order chi connectivity index (χ0) is 15.0. The van der Waals surface area contributed by atoms with Crippen LogP contribution >= 0.6 is 46.3 Å². The van der Waals surface area contributed by atoms with E-state index in [2.05, 4.69) is 9.71 Å². The summed E-state index contributed by atoms with van der Waals surface area (Å²) in [5, 5.41) is 0.598. The minimum atomic E-state index is -3.63. The fourth-order valence-corrected chi connectivity index (χ4v) is 5.94. The van der Waals surface area contributed by atoms with Gasteiger partial charge in [0.15, 0.2) is 8.68 Å². The van der Waals surface area contributed by atoms with Crippen molar-refractivity contribution in [2.45, 2.75) is 21.6 Å². The van der Waals surface area contributed by atoms with Crippen LogP contribution in [0.5, 0.6) is 0 Å². The number of hydrogen-bond acceptors (Lipinski definition) is 5. The zero-order valence-electron chi connectivity index (χ0n) is 10.5. The lowest BCUT2D eigenvalue weighted by Gasteiger charge is -2.25. The summed E-state index contributed by atoms with van der Waals surface area (Å²) in [7, 11) is -3.63. The first-order chi connectivity index (χ1) is 9.95. The van der Waals surface area contributed by atoms with Gasteiger partial charge in [-0.2, -0.15) is 0 Å². The molecule has 0 bridgehead atoms. The first kappa shape index (κ1) is 15.6. The third-order valence-corrected chi connectivity index (χ3v) is 7.44. The van der Waals surface area contributed by atoms with Gasteiger partial charge in [-0.1, -0.05) is 34.5 Å². The average Bonchev–Trinajstić information content (AvgIpc) is 2.87. The van der Waals surface area contributed by atoms with E-state index in [1.54, 1.807) is 11.8 Å². The number of fused-ring (bicyclic) bond motifs is 1. The zero-order valence-corrected chi connectivity index (χ0v) is 14.5. The first-order valence-electron chi connectivity index (χ1n) is 6.01. The Hall–Kier alpha value is -0.310. The number of aromatic nitrogens is 1. The lowest BCUT2D eigenvalue weighted by Crippen LogP contribution is -2.30. The first-order valence-corrected chi connectivity index (χ1v) is 10.1. The van der Waals surface area contributed by atoms with E-state index >= 15 is 0 Å². The highest BCUT2D eigenvalue weighted by atomic mass is 35.5. The summed E-state index contributed by atoms with van der Waals surface area (Å²) in [5.74, 6) is 0.852. The van der Waals surface area contributed by atoms with E-state index in [0.29, 0.717) is 11.4 Å². The summed E-state index contributed by atoms with van der Waals surface area (Å²) in [6, 6.07) is 5.26. The molecule has 2 heterocycles. The van der Waals surface area contributed by atoms with Crippen molar-refractivity contribution in [2.75, 3.05) is 5.75 Å². The highest BCUT2D eigenvalue weighted by Gasteiger charge is 2.27. The molecule has 112 valence electrons. The number of rotatable bonds is 3. The quantitative estimate of drug-likeness (QED) is 0.874. The molecule has 0 aliphatic carbocycles. The molecule has 0 saturated carbocycles. The maximum atomic E-state index is 12.4. The SMILES string of the molecule is O=S(=O)(NC1CCSc2ccc(Cl)cc21)c1cnc(Cl)s1. The van der Waals surface area contributed by atoms with Gasteiger partial charge in [0.05, 0.1) is 6.20 Å². The van der Waals surface area contributed by atoms with E-state index in [4.69, 9.17) is 23.2 Å². The van der Waals surface area contributed by atoms with Gasteiger partial charge in [-0.15, -0.1) is 11.8 Å². The molecule has 4 nitrogen and oxygen atoms in total. The summed E-state index contributed by atoms with van der Waals surface area (Å²) < 4.78 is 27.8. The molecule has 1 aromatic heterocycles. The molecule has 1 N–H and O–H groups in total. The molecule has 3 rings (SSSR count). The Morgan fingerprint density at radius 2 is 2.14 bits per heavy atom. The van der Waals surface area contributed by atoms with Crippen molar-refractivity contribution in [2.24, 2.45) is 0 Å². The Labute approximate surface area is 140 Å². The van der Waals surface area contributed by atoms with Crippen molar-refractivity contribution >= 4 is 56.3 Å². The van der Waals surface area contributed by atoms with Crippen LogP contribution in [0.3, 0.4) is 0 Å². The van der Waals surface area contributed by atoms with Crippen LogP contribution < -0.4 is 4.72 Å². The molecular formula is C12H10Cl2N2O2S3. The van der Waals surface area contributed by atoms with E-state index in [9.17, 15) is 8.42 Å². The van der Waals surface area contributed by atoms with E-state index in [1.165, 1.54) is 6.20 Å². The Morgan fingerprint density at radius 3 is 2.86 bits per heavy atom. The Morgan fingerprint density at radius 1 is 1.33 bits per heavy atom. The van der Waals surface area contributed by atoms with Crippen molar-refractivity contribution in [1.82, 2.24) is 9.71 Å². The number of nitrogens with zero attached hydrogens (tertiary/aromatic N) is 1. The van der Waals surface area contributed by atoms with Gasteiger partial charge in [0.1, 0.15) is 0 Å². The van der Waals surface area contributed by atoms with Gasteiger partial charge in [0.2, 0.25) is 0 Å². The smallest absolute Gasteiger partial charge is 0.232 e. The lowest BCUT2D eigenvalue weighted by atomic mass is 10.1. The molecule has 1 aliphatic rings. The molecule has 0 radical (unpaired) electrons. The van der Waals surface area contributed by atoms with Gasteiger partial charge in [0, 0.05) is 16.0 Å². The fourth-order valence-electron chi connectivity index (χ4n) is 2.10. The molecule has 9 heteroatoms. The third-order valence-electron chi connectivity index (χ3n) is 3.03. The second-order valence-electron chi connectivity index (χ2n) is 4.43. The van der Waals surface area contributed by atoms with E-state index in [-0.39, 0.29) is 14.7 Å². The number of thioether (sulfide) groups is 1. The van der Waals surface area contributed by atoms with Gasteiger partial charge in [-0.25, -0.2) is 18.1 Å². The molecule has 2 aromatic rings. The highest BCUT2D eigenvalue weighted by molar-refractivity contribution is 7.99. The maximum absolute atomic E-state index is 12.4. The Kier molecular flexibility index (Phi) is 4.50. The van der Waals surface area contributed by atoms with Crippen LogP contribution in [0.25, 0.3) is 0 Å². The Bertz CT molecular complexity index is 777. The monoisotopic (exact) mass is 380 g/mol. The summed E-state index contributed by atoms with van der Waals surface area (Å²) in [5.41, 5.74) is 0.915. The van der Waals surface area contributed by atoms with Gasteiger partial charge >= 0.3 is 0 Å². The molecule has 1 atom stereocenters. The number of benzene rings is 1. The predicted molar refractivity (Wildman–Crippen MR) is 87.0 cm³/mol. The number of nitrogens with one attached hydrogen (secondary N) is 1. The minimum Gasteiger partial charge on any atom is -0.232 e. The van der Waals surface area contributed by atoms with Gasteiger partial charge in [0.25, 0.3) is 10.0 Å².